The first-order chi connectivity index (χ1) is 9.18. The minimum atomic E-state index is -0.700. The van der Waals surface area contributed by atoms with Crippen molar-refractivity contribution in [3.8, 4) is 5.75 Å². The van der Waals surface area contributed by atoms with Crippen LogP contribution in [0.2, 0.25) is 0 Å². The number of nitrogens with one attached hydrogen (secondary N) is 1. The largest absolute Gasteiger partial charge is 0.507 e. The van der Waals surface area contributed by atoms with Crippen LogP contribution in [-0.2, 0) is 0 Å². The zero-order valence-corrected chi connectivity index (χ0v) is 10.8. The molecule has 0 saturated carbocycles. The Kier molecular flexibility index (Phi) is 4.55. The van der Waals surface area contributed by atoms with Gasteiger partial charge in [-0.3, -0.25) is 4.79 Å². The van der Waals surface area contributed by atoms with Crippen LogP contribution in [0.15, 0.2) is 29.8 Å². The fraction of sp³-hybridized carbons (Fsp3) is 0.400. The fourth-order valence-electron chi connectivity index (χ4n) is 2.29. The quantitative estimate of drug-likeness (QED) is 0.820. The lowest BCUT2D eigenvalue weighted by Gasteiger charge is -2.13. The molecule has 1 aromatic rings. The molecule has 1 aliphatic carbocycles. The number of aromatic hydroxyl groups is 1. The lowest BCUT2D eigenvalue weighted by molar-refractivity contribution is 0.0947. The molecule has 0 atom stereocenters. The van der Waals surface area contributed by atoms with Gasteiger partial charge in [0.1, 0.15) is 17.1 Å². The van der Waals surface area contributed by atoms with Gasteiger partial charge in [0.05, 0.1) is 0 Å². The first-order valence-electron chi connectivity index (χ1n) is 6.62. The molecule has 1 amide bonds. The van der Waals surface area contributed by atoms with E-state index in [4.69, 9.17) is 0 Å². The second-order valence-corrected chi connectivity index (χ2v) is 4.75. The molecule has 19 heavy (non-hydrogen) atoms. The molecule has 0 aliphatic heterocycles. The highest BCUT2D eigenvalue weighted by molar-refractivity contribution is 5.97. The summed E-state index contributed by atoms with van der Waals surface area (Å²) in [6.45, 7) is 0.471. The van der Waals surface area contributed by atoms with Gasteiger partial charge in [0.25, 0.3) is 5.91 Å². The highest BCUT2D eigenvalue weighted by atomic mass is 19.1. The molecule has 2 rings (SSSR count). The van der Waals surface area contributed by atoms with E-state index in [2.05, 4.69) is 11.4 Å². The summed E-state index contributed by atoms with van der Waals surface area (Å²) in [4.78, 5) is 11.8. The third kappa shape index (κ3) is 3.56. The van der Waals surface area contributed by atoms with Gasteiger partial charge in [0.15, 0.2) is 0 Å². The van der Waals surface area contributed by atoms with Crippen molar-refractivity contribution in [3.63, 3.8) is 0 Å². The Morgan fingerprint density at radius 1 is 1.37 bits per heavy atom. The molecule has 0 radical (unpaired) electrons. The maximum atomic E-state index is 13.5. The molecule has 0 unspecified atom stereocenters. The number of hydrogen-bond acceptors (Lipinski definition) is 2. The lowest BCUT2D eigenvalue weighted by atomic mass is 9.97. The van der Waals surface area contributed by atoms with E-state index in [-0.39, 0.29) is 11.3 Å². The van der Waals surface area contributed by atoms with Crippen LogP contribution in [0.25, 0.3) is 0 Å². The molecular weight excluding hydrogens is 245 g/mol. The summed E-state index contributed by atoms with van der Waals surface area (Å²) in [5.74, 6) is -1.59. The number of phenols is 1. The van der Waals surface area contributed by atoms with Gasteiger partial charge >= 0.3 is 0 Å². The summed E-state index contributed by atoms with van der Waals surface area (Å²) in [6, 6.07) is 3.84. The Hall–Kier alpha value is -1.84. The van der Waals surface area contributed by atoms with Crippen LogP contribution >= 0.6 is 0 Å². The topological polar surface area (TPSA) is 49.3 Å². The van der Waals surface area contributed by atoms with E-state index in [1.807, 2.05) is 0 Å². The van der Waals surface area contributed by atoms with Crippen LogP contribution in [-0.4, -0.2) is 17.6 Å². The van der Waals surface area contributed by atoms with E-state index in [9.17, 15) is 14.3 Å². The van der Waals surface area contributed by atoms with Gasteiger partial charge in [-0.25, -0.2) is 4.39 Å². The van der Waals surface area contributed by atoms with Crippen LogP contribution in [0.4, 0.5) is 4.39 Å². The summed E-state index contributed by atoms with van der Waals surface area (Å²) in [5, 5.41) is 12.1. The van der Waals surface area contributed by atoms with Crippen LogP contribution in [0.5, 0.6) is 5.75 Å². The molecule has 0 spiro atoms. The van der Waals surface area contributed by atoms with E-state index in [1.54, 1.807) is 0 Å². The van der Waals surface area contributed by atoms with Crippen molar-refractivity contribution in [1.82, 2.24) is 5.32 Å². The Labute approximate surface area is 112 Å². The maximum absolute atomic E-state index is 13.5. The molecule has 0 aromatic heterocycles. The highest BCUT2D eigenvalue weighted by Crippen LogP contribution is 2.21. The van der Waals surface area contributed by atoms with Gasteiger partial charge in [-0.2, -0.15) is 0 Å². The van der Waals surface area contributed by atoms with E-state index in [0.29, 0.717) is 6.54 Å². The van der Waals surface area contributed by atoms with Crippen molar-refractivity contribution in [2.75, 3.05) is 6.54 Å². The normalized spacial score (nSPS) is 14.9. The molecular formula is C15H18FNO2. The van der Waals surface area contributed by atoms with Gasteiger partial charge in [-0.1, -0.05) is 17.7 Å². The lowest BCUT2D eigenvalue weighted by Crippen LogP contribution is -2.25. The van der Waals surface area contributed by atoms with Crippen molar-refractivity contribution < 1.29 is 14.3 Å². The molecule has 1 aromatic carbocycles. The number of phenolic OH excluding ortho intramolecular Hbond substituents is 1. The van der Waals surface area contributed by atoms with Gasteiger partial charge in [-0.15, -0.1) is 0 Å². The van der Waals surface area contributed by atoms with Crippen LogP contribution < -0.4 is 5.32 Å². The highest BCUT2D eigenvalue weighted by Gasteiger charge is 2.16. The zero-order chi connectivity index (χ0) is 13.7. The van der Waals surface area contributed by atoms with Gasteiger partial charge in [-0.05, 0) is 44.2 Å². The number of rotatable bonds is 4. The predicted octanol–water partition coefficient (Wildman–Crippen LogP) is 3.15. The summed E-state index contributed by atoms with van der Waals surface area (Å²) in [5.41, 5.74) is 1.07. The van der Waals surface area contributed by atoms with Crippen molar-refractivity contribution >= 4 is 5.91 Å². The fourth-order valence-corrected chi connectivity index (χ4v) is 2.29. The van der Waals surface area contributed by atoms with Crippen molar-refractivity contribution in [3.05, 3.63) is 41.2 Å². The number of carbonyl (C=O) groups excluding carboxylic acids is 1. The predicted molar refractivity (Wildman–Crippen MR) is 71.6 cm³/mol. The molecule has 0 heterocycles. The third-order valence-corrected chi connectivity index (χ3v) is 3.34. The minimum absolute atomic E-state index is 0.278. The van der Waals surface area contributed by atoms with Gasteiger partial charge < -0.3 is 10.4 Å². The average molecular weight is 263 g/mol. The monoisotopic (exact) mass is 263 g/mol. The summed E-state index contributed by atoms with van der Waals surface area (Å²) >= 11 is 0. The van der Waals surface area contributed by atoms with Crippen LogP contribution in [0.1, 0.15) is 42.5 Å². The van der Waals surface area contributed by atoms with E-state index < -0.39 is 11.7 Å². The molecule has 102 valence electrons. The second kappa shape index (κ2) is 6.36. The second-order valence-electron chi connectivity index (χ2n) is 4.75. The third-order valence-electron chi connectivity index (χ3n) is 3.34. The van der Waals surface area contributed by atoms with Gasteiger partial charge in [0, 0.05) is 6.54 Å². The number of benzene rings is 1. The molecule has 4 heteroatoms. The average Bonchev–Trinajstić information content (AvgIpc) is 2.40. The Morgan fingerprint density at radius 3 is 2.89 bits per heavy atom. The number of halogens is 1. The number of allylic oxidation sites excluding steroid dienone is 1. The minimum Gasteiger partial charge on any atom is -0.507 e. The Balaban J connectivity index is 1.89. The van der Waals surface area contributed by atoms with Crippen LogP contribution in [0.3, 0.4) is 0 Å². The molecule has 0 saturated heterocycles. The Bertz CT molecular complexity index is 477. The number of carbonyl (C=O) groups is 1. The molecule has 0 bridgehead atoms. The number of hydrogen-bond donors (Lipinski definition) is 2. The van der Waals surface area contributed by atoms with E-state index in [0.717, 1.165) is 25.3 Å². The first-order valence-corrected chi connectivity index (χ1v) is 6.62. The standard InChI is InChI=1S/C15H18FNO2/c16-12-7-4-8-13(18)14(12)15(19)17-10-9-11-5-2-1-3-6-11/h4-5,7-8,18H,1-3,6,9-10H2,(H,17,19). The zero-order valence-electron chi connectivity index (χ0n) is 10.8. The molecule has 0 fully saturated rings. The van der Waals surface area contributed by atoms with E-state index in [1.165, 1.54) is 30.5 Å². The summed E-state index contributed by atoms with van der Waals surface area (Å²) < 4.78 is 13.5. The van der Waals surface area contributed by atoms with Crippen molar-refractivity contribution in [2.24, 2.45) is 0 Å². The molecule has 2 N–H and O–H groups in total. The van der Waals surface area contributed by atoms with Crippen molar-refractivity contribution in [1.29, 1.82) is 0 Å². The van der Waals surface area contributed by atoms with Crippen LogP contribution in [0, 0.1) is 5.82 Å². The molecule has 1 aliphatic rings. The summed E-state index contributed by atoms with van der Waals surface area (Å²) in [7, 11) is 0. The first kappa shape index (κ1) is 13.6. The van der Waals surface area contributed by atoms with E-state index >= 15 is 0 Å². The Morgan fingerprint density at radius 2 is 2.21 bits per heavy atom. The van der Waals surface area contributed by atoms with Crippen molar-refractivity contribution in [2.45, 2.75) is 32.1 Å². The number of amides is 1. The SMILES string of the molecule is O=C(NCCC1=CCCCC1)c1c(O)cccc1F. The summed E-state index contributed by atoms with van der Waals surface area (Å²) in [6.07, 6.45) is 7.64. The van der Waals surface area contributed by atoms with Gasteiger partial charge in [0.2, 0.25) is 0 Å². The maximum Gasteiger partial charge on any atom is 0.258 e. The molecule has 3 nitrogen and oxygen atoms in total. The smallest absolute Gasteiger partial charge is 0.258 e.